The van der Waals surface area contributed by atoms with E-state index in [-0.39, 0.29) is 11.7 Å². The molecule has 0 saturated carbocycles. The van der Waals surface area contributed by atoms with E-state index in [1.807, 2.05) is 55.5 Å². The molecule has 21 heavy (non-hydrogen) atoms. The molecule has 0 bridgehead atoms. The summed E-state index contributed by atoms with van der Waals surface area (Å²) in [5.41, 5.74) is 1.55. The molecule has 106 valence electrons. The lowest BCUT2D eigenvalue weighted by molar-refractivity contribution is -0.117. The van der Waals surface area contributed by atoms with Gasteiger partial charge in [0.25, 0.3) is 0 Å². The van der Waals surface area contributed by atoms with Crippen molar-refractivity contribution in [3.8, 4) is 0 Å². The SMILES string of the molecule is CC(=O)N1c2ccccc2C(=O)[C@]1(C)Cc1ccccc1. The Labute approximate surface area is 124 Å². The maximum Gasteiger partial charge on any atom is 0.224 e. The summed E-state index contributed by atoms with van der Waals surface area (Å²) in [6.45, 7) is 3.36. The van der Waals surface area contributed by atoms with Crippen LogP contribution in [0.15, 0.2) is 54.6 Å². The van der Waals surface area contributed by atoms with Gasteiger partial charge in [-0.1, -0.05) is 42.5 Å². The second-order valence-electron chi connectivity index (χ2n) is 5.64. The van der Waals surface area contributed by atoms with E-state index in [0.29, 0.717) is 17.7 Å². The maximum atomic E-state index is 12.8. The van der Waals surface area contributed by atoms with Crippen molar-refractivity contribution in [1.82, 2.24) is 0 Å². The molecule has 0 saturated heterocycles. The molecule has 0 aromatic heterocycles. The molecule has 0 radical (unpaired) electrons. The Morgan fingerprint density at radius 3 is 2.33 bits per heavy atom. The van der Waals surface area contributed by atoms with Crippen molar-refractivity contribution in [1.29, 1.82) is 0 Å². The number of anilines is 1. The van der Waals surface area contributed by atoms with Crippen molar-refractivity contribution >= 4 is 17.4 Å². The average molecular weight is 279 g/mol. The topological polar surface area (TPSA) is 37.4 Å². The molecule has 1 amide bonds. The Bertz CT molecular complexity index is 708. The number of Topliss-reactive ketones (excluding diaryl/α,β-unsaturated/α-hetero) is 1. The Kier molecular flexibility index (Phi) is 3.13. The highest BCUT2D eigenvalue weighted by molar-refractivity contribution is 6.20. The van der Waals surface area contributed by atoms with Crippen molar-refractivity contribution in [2.75, 3.05) is 4.90 Å². The highest BCUT2D eigenvalue weighted by atomic mass is 16.2. The van der Waals surface area contributed by atoms with Crippen molar-refractivity contribution in [3.05, 3.63) is 65.7 Å². The van der Waals surface area contributed by atoms with Crippen molar-refractivity contribution in [2.24, 2.45) is 0 Å². The van der Waals surface area contributed by atoms with Gasteiger partial charge in [0, 0.05) is 18.9 Å². The van der Waals surface area contributed by atoms with E-state index >= 15 is 0 Å². The normalized spacial score (nSPS) is 20.5. The highest BCUT2D eigenvalue weighted by Gasteiger charge is 2.49. The van der Waals surface area contributed by atoms with Crippen LogP contribution in [0.3, 0.4) is 0 Å². The van der Waals surface area contributed by atoms with Gasteiger partial charge in [-0.3, -0.25) is 14.5 Å². The average Bonchev–Trinajstić information content (AvgIpc) is 2.69. The number of carbonyl (C=O) groups excluding carboxylic acids is 2. The van der Waals surface area contributed by atoms with Crippen LogP contribution in [-0.4, -0.2) is 17.2 Å². The molecule has 3 nitrogen and oxygen atoms in total. The molecule has 0 unspecified atom stereocenters. The molecule has 1 atom stereocenters. The van der Waals surface area contributed by atoms with Gasteiger partial charge >= 0.3 is 0 Å². The van der Waals surface area contributed by atoms with Crippen molar-refractivity contribution in [3.63, 3.8) is 0 Å². The molecule has 3 heteroatoms. The number of benzene rings is 2. The van der Waals surface area contributed by atoms with Crippen LogP contribution in [0.4, 0.5) is 5.69 Å². The van der Waals surface area contributed by atoms with Gasteiger partial charge in [-0.15, -0.1) is 0 Å². The van der Waals surface area contributed by atoms with Crippen LogP contribution in [0, 0.1) is 0 Å². The zero-order valence-electron chi connectivity index (χ0n) is 12.2. The fourth-order valence-corrected chi connectivity index (χ4v) is 3.19. The Balaban J connectivity index is 2.09. The number of rotatable bonds is 2. The van der Waals surface area contributed by atoms with E-state index in [2.05, 4.69) is 0 Å². The summed E-state index contributed by atoms with van der Waals surface area (Å²) in [4.78, 5) is 26.6. The van der Waals surface area contributed by atoms with Crippen LogP contribution < -0.4 is 4.90 Å². The summed E-state index contributed by atoms with van der Waals surface area (Å²) in [7, 11) is 0. The summed E-state index contributed by atoms with van der Waals surface area (Å²) < 4.78 is 0. The van der Waals surface area contributed by atoms with Crippen LogP contribution in [0.1, 0.15) is 29.8 Å². The molecule has 1 aliphatic heterocycles. The smallest absolute Gasteiger partial charge is 0.224 e. The molecular weight excluding hydrogens is 262 g/mol. The summed E-state index contributed by atoms with van der Waals surface area (Å²) in [6, 6.07) is 17.1. The second-order valence-corrected chi connectivity index (χ2v) is 5.64. The molecule has 3 rings (SSSR count). The van der Waals surface area contributed by atoms with Crippen LogP contribution in [0.25, 0.3) is 0 Å². The number of carbonyl (C=O) groups is 2. The molecule has 0 aliphatic carbocycles. The van der Waals surface area contributed by atoms with Crippen molar-refractivity contribution < 1.29 is 9.59 Å². The van der Waals surface area contributed by atoms with Gasteiger partial charge < -0.3 is 0 Å². The molecule has 2 aromatic carbocycles. The first-order chi connectivity index (χ1) is 10.0. The van der Waals surface area contributed by atoms with Gasteiger partial charge in [-0.25, -0.2) is 0 Å². The summed E-state index contributed by atoms with van der Waals surface area (Å²) in [6.07, 6.45) is 0.515. The number of amides is 1. The Morgan fingerprint density at radius 2 is 1.67 bits per heavy atom. The minimum atomic E-state index is -0.850. The summed E-state index contributed by atoms with van der Waals surface area (Å²) in [5.74, 6) is -0.0936. The minimum absolute atomic E-state index is 0.0113. The van der Waals surface area contributed by atoms with E-state index < -0.39 is 5.54 Å². The minimum Gasteiger partial charge on any atom is -0.298 e. The lowest BCUT2D eigenvalue weighted by Crippen LogP contribution is -2.51. The molecule has 0 spiro atoms. The number of fused-ring (bicyclic) bond motifs is 1. The maximum absolute atomic E-state index is 12.8. The number of hydrogen-bond donors (Lipinski definition) is 0. The summed E-state index contributed by atoms with van der Waals surface area (Å²) in [5, 5.41) is 0. The lowest BCUT2D eigenvalue weighted by Gasteiger charge is -2.33. The first-order valence-corrected chi connectivity index (χ1v) is 7.02. The number of ketones is 1. The molecule has 1 heterocycles. The first-order valence-electron chi connectivity index (χ1n) is 7.02. The highest BCUT2D eigenvalue weighted by Crippen LogP contribution is 2.40. The van der Waals surface area contributed by atoms with E-state index in [0.717, 1.165) is 5.56 Å². The number of para-hydroxylation sites is 1. The van der Waals surface area contributed by atoms with Crippen molar-refractivity contribution in [2.45, 2.75) is 25.8 Å². The zero-order valence-corrected chi connectivity index (χ0v) is 12.2. The number of nitrogens with zero attached hydrogens (tertiary/aromatic N) is 1. The van der Waals surface area contributed by atoms with Gasteiger partial charge in [0.05, 0.1) is 5.69 Å². The van der Waals surface area contributed by atoms with Gasteiger partial charge in [-0.2, -0.15) is 0 Å². The predicted molar refractivity (Wildman–Crippen MR) is 82.5 cm³/mol. The molecular formula is C18H17NO2. The van der Waals surface area contributed by atoms with Crippen LogP contribution in [-0.2, 0) is 11.2 Å². The Morgan fingerprint density at radius 1 is 1.05 bits per heavy atom. The Hall–Kier alpha value is -2.42. The summed E-state index contributed by atoms with van der Waals surface area (Å²) >= 11 is 0. The van der Waals surface area contributed by atoms with Gasteiger partial charge in [0.2, 0.25) is 5.91 Å². The monoisotopic (exact) mass is 279 g/mol. The van der Waals surface area contributed by atoms with E-state index in [4.69, 9.17) is 0 Å². The van der Waals surface area contributed by atoms with Crippen LogP contribution in [0.2, 0.25) is 0 Å². The fourth-order valence-electron chi connectivity index (χ4n) is 3.19. The first kappa shape index (κ1) is 13.6. The van der Waals surface area contributed by atoms with Gasteiger partial charge in [-0.05, 0) is 24.6 Å². The van der Waals surface area contributed by atoms with Gasteiger partial charge in [0.15, 0.2) is 5.78 Å². The second kappa shape index (κ2) is 4.85. The molecule has 2 aromatic rings. The van der Waals surface area contributed by atoms with Crippen LogP contribution >= 0.6 is 0 Å². The zero-order chi connectivity index (χ0) is 15.0. The standard InChI is InChI=1S/C18H17NO2/c1-13(20)19-16-11-7-6-10-15(16)17(21)18(19,2)12-14-8-4-3-5-9-14/h3-11H,12H2,1-2H3/t18-/m0/s1. The van der Waals surface area contributed by atoms with E-state index in [9.17, 15) is 9.59 Å². The third kappa shape index (κ3) is 2.05. The predicted octanol–water partition coefficient (Wildman–Crippen LogP) is 3.24. The largest absolute Gasteiger partial charge is 0.298 e. The van der Waals surface area contributed by atoms with Gasteiger partial charge in [0.1, 0.15) is 5.54 Å². The van der Waals surface area contributed by atoms with Crippen LogP contribution in [0.5, 0.6) is 0 Å². The van der Waals surface area contributed by atoms with E-state index in [1.54, 1.807) is 11.0 Å². The molecule has 0 fully saturated rings. The quantitative estimate of drug-likeness (QED) is 0.846. The number of hydrogen-bond acceptors (Lipinski definition) is 2. The molecule has 0 N–H and O–H groups in total. The third-order valence-electron chi connectivity index (χ3n) is 4.08. The third-order valence-corrected chi connectivity index (χ3v) is 4.08. The lowest BCUT2D eigenvalue weighted by atomic mass is 9.87. The van der Waals surface area contributed by atoms with E-state index in [1.165, 1.54) is 6.92 Å². The molecule has 1 aliphatic rings. The fraction of sp³-hybridized carbons (Fsp3) is 0.222.